The first-order valence-corrected chi connectivity index (χ1v) is 7.84. The molecule has 2 atom stereocenters. The molecule has 2 N–H and O–H groups in total. The summed E-state index contributed by atoms with van der Waals surface area (Å²) in [6.07, 6.45) is 0. The molecule has 0 saturated carbocycles. The van der Waals surface area contributed by atoms with Gasteiger partial charge in [0, 0.05) is 11.1 Å². The van der Waals surface area contributed by atoms with E-state index in [9.17, 15) is 4.79 Å². The Bertz CT molecular complexity index is 661. The average molecular weight is 333 g/mol. The number of halogens is 1. The van der Waals surface area contributed by atoms with Crippen LogP contribution in [-0.4, -0.2) is 19.1 Å². The summed E-state index contributed by atoms with van der Waals surface area (Å²) in [6.45, 7) is 3.85. The highest BCUT2D eigenvalue weighted by Gasteiger charge is 2.17. The molecule has 0 aliphatic heterocycles. The minimum atomic E-state index is -0.367. The second-order valence-electron chi connectivity index (χ2n) is 5.35. The molecular formula is C18H21ClN2O2. The molecule has 0 bridgehead atoms. The number of ether oxygens (including phenoxy) is 1. The lowest BCUT2D eigenvalue weighted by molar-refractivity contribution is -0.117. The van der Waals surface area contributed by atoms with E-state index in [0.717, 1.165) is 5.56 Å². The third-order valence-electron chi connectivity index (χ3n) is 3.61. The van der Waals surface area contributed by atoms with Gasteiger partial charge in [-0.1, -0.05) is 41.9 Å². The Morgan fingerprint density at radius 2 is 1.83 bits per heavy atom. The molecule has 5 heteroatoms. The average Bonchev–Trinajstić information content (AvgIpc) is 2.55. The van der Waals surface area contributed by atoms with Crippen molar-refractivity contribution in [1.82, 2.24) is 5.32 Å². The molecule has 0 heterocycles. The molecule has 0 spiro atoms. The number of benzene rings is 2. The van der Waals surface area contributed by atoms with E-state index in [1.165, 1.54) is 0 Å². The maximum atomic E-state index is 12.4. The highest BCUT2D eigenvalue weighted by atomic mass is 35.5. The van der Waals surface area contributed by atoms with Crippen molar-refractivity contribution in [3.05, 3.63) is 59.1 Å². The SMILES string of the molecule is COc1ccc(Cl)cc1NC(=O)[C@@H](C)N[C@@H](C)c1ccccc1. The fraction of sp³-hybridized carbons (Fsp3) is 0.278. The lowest BCUT2D eigenvalue weighted by atomic mass is 10.1. The summed E-state index contributed by atoms with van der Waals surface area (Å²) in [5.74, 6) is 0.430. The molecule has 122 valence electrons. The Morgan fingerprint density at radius 3 is 2.48 bits per heavy atom. The predicted molar refractivity (Wildman–Crippen MR) is 94.1 cm³/mol. The number of carbonyl (C=O) groups excluding carboxylic acids is 1. The number of hydrogen-bond acceptors (Lipinski definition) is 3. The maximum absolute atomic E-state index is 12.4. The lowest BCUT2D eigenvalue weighted by Crippen LogP contribution is -2.39. The number of amides is 1. The zero-order valence-electron chi connectivity index (χ0n) is 13.5. The number of methoxy groups -OCH3 is 1. The van der Waals surface area contributed by atoms with Crippen LogP contribution < -0.4 is 15.4 Å². The fourth-order valence-corrected chi connectivity index (χ4v) is 2.48. The lowest BCUT2D eigenvalue weighted by Gasteiger charge is -2.20. The first-order valence-electron chi connectivity index (χ1n) is 7.46. The van der Waals surface area contributed by atoms with Crippen LogP contribution in [0.3, 0.4) is 0 Å². The highest BCUT2D eigenvalue weighted by molar-refractivity contribution is 6.31. The standard InChI is InChI=1S/C18H21ClN2O2/c1-12(14-7-5-4-6-8-14)20-13(2)18(22)21-16-11-15(19)9-10-17(16)23-3/h4-13,20H,1-3H3,(H,21,22)/t12-,13+/m0/s1. The summed E-state index contributed by atoms with van der Waals surface area (Å²) >= 11 is 5.98. The van der Waals surface area contributed by atoms with E-state index in [2.05, 4.69) is 10.6 Å². The first-order chi connectivity index (χ1) is 11.0. The second kappa shape index (κ2) is 7.99. The van der Waals surface area contributed by atoms with E-state index in [4.69, 9.17) is 16.3 Å². The number of hydrogen-bond donors (Lipinski definition) is 2. The predicted octanol–water partition coefficient (Wildman–Crippen LogP) is 4.03. The Labute approximate surface area is 141 Å². The molecule has 0 fully saturated rings. The van der Waals surface area contributed by atoms with Gasteiger partial charge in [0.15, 0.2) is 0 Å². The van der Waals surface area contributed by atoms with Gasteiger partial charge >= 0.3 is 0 Å². The van der Waals surface area contributed by atoms with Gasteiger partial charge in [0.25, 0.3) is 0 Å². The van der Waals surface area contributed by atoms with Crippen LogP contribution in [0.5, 0.6) is 5.75 Å². The monoisotopic (exact) mass is 332 g/mol. The van der Waals surface area contributed by atoms with E-state index >= 15 is 0 Å². The normalized spacial score (nSPS) is 13.2. The van der Waals surface area contributed by atoms with Gasteiger partial charge in [0.05, 0.1) is 18.8 Å². The van der Waals surface area contributed by atoms with E-state index in [1.807, 2.05) is 44.2 Å². The first kappa shape index (κ1) is 17.3. The smallest absolute Gasteiger partial charge is 0.241 e. The zero-order chi connectivity index (χ0) is 16.8. The second-order valence-corrected chi connectivity index (χ2v) is 5.79. The van der Waals surface area contributed by atoms with E-state index in [-0.39, 0.29) is 18.0 Å². The third-order valence-corrected chi connectivity index (χ3v) is 3.85. The van der Waals surface area contributed by atoms with Crippen LogP contribution in [0.4, 0.5) is 5.69 Å². The minimum absolute atomic E-state index is 0.0678. The summed E-state index contributed by atoms with van der Waals surface area (Å²) in [7, 11) is 1.55. The maximum Gasteiger partial charge on any atom is 0.241 e. The van der Waals surface area contributed by atoms with Gasteiger partial charge in [-0.25, -0.2) is 0 Å². The minimum Gasteiger partial charge on any atom is -0.495 e. The molecule has 23 heavy (non-hydrogen) atoms. The molecule has 2 rings (SSSR count). The van der Waals surface area contributed by atoms with Crippen LogP contribution in [0.25, 0.3) is 0 Å². The van der Waals surface area contributed by atoms with Crippen molar-refractivity contribution in [2.75, 3.05) is 12.4 Å². The molecule has 0 aliphatic carbocycles. The Morgan fingerprint density at radius 1 is 1.13 bits per heavy atom. The molecule has 4 nitrogen and oxygen atoms in total. The van der Waals surface area contributed by atoms with Crippen LogP contribution in [0.1, 0.15) is 25.5 Å². The molecular weight excluding hydrogens is 312 g/mol. The summed E-state index contributed by atoms with van der Waals surface area (Å²) in [5.41, 5.74) is 1.69. The van der Waals surface area contributed by atoms with Gasteiger partial charge in [-0.3, -0.25) is 10.1 Å². The van der Waals surface area contributed by atoms with Gasteiger partial charge < -0.3 is 10.1 Å². The summed E-state index contributed by atoms with van der Waals surface area (Å²) in [5, 5.41) is 6.67. The van der Waals surface area contributed by atoms with Crippen molar-refractivity contribution in [2.45, 2.75) is 25.9 Å². The molecule has 0 aliphatic rings. The van der Waals surface area contributed by atoms with Gasteiger partial charge in [-0.2, -0.15) is 0 Å². The summed E-state index contributed by atoms with van der Waals surface area (Å²) < 4.78 is 5.24. The van der Waals surface area contributed by atoms with E-state index in [1.54, 1.807) is 25.3 Å². The van der Waals surface area contributed by atoms with E-state index in [0.29, 0.717) is 16.5 Å². The van der Waals surface area contributed by atoms with Gasteiger partial charge in [-0.05, 0) is 37.6 Å². The van der Waals surface area contributed by atoms with E-state index < -0.39 is 0 Å². The van der Waals surface area contributed by atoms with Crippen molar-refractivity contribution in [3.8, 4) is 5.75 Å². The van der Waals surface area contributed by atoms with Crippen molar-refractivity contribution >= 4 is 23.2 Å². The van der Waals surface area contributed by atoms with Crippen molar-refractivity contribution in [2.24, 2.45) is 0 Å². The molecule has 0 aromatic heterocycles. The number of nitrogens with one attached hydrogen (secondary N) is 2. The van der Waals surface area contributed by atoms with Crippen molar-refractivity contribution < 1.29 is 9.53 Å². The summed E-state index contributed by atoms with van der Waals surface area (Å²) in [6, 6.07) is 14.8. The largest absolute Gasteiger partial charge is 0.495 e. The number of carbonyl (C=O) groups is 1. The van der Waals surface area contributed by atoms with Gasteiger partial charge in [0.2, 0.25) is 5.91 Å². The van der Waals surface area contributed by atoms with Crippen LogP contribution in [0.15, 0.2) is 48.5 Å². The summed E-state index contributed by atoms with van der Waals surface area (Å²) in [4.78, 5) is 12.4. The molecule has 0 radical (unpaired) electrons. The number of rotatable bonds is 6. The van der Waals surface area contributed by atoms with Crippen LogP contribution in [0, 0.1) is 0 Å². The van der Waals surface area contributed by atoms with Crippen LogP contribution in [-0.2, 0) is 4.79 Å². The van der Waals surface area contributed by atoms with Crippen LogP contribution in [0.2, 0.25) is 5.02 Å². The molecule has 2 aromatic rings. The van der Waals surface area contributed by atoms with Crippen LogP contribution >= 0.6 is 11.6 Å². The topological polar surface area (TPSA) is 50.4 Å². The third kappa shape index (κ3) is 4.71. The van der Waals surface area contributed by atoms with Crippen molar-refractivity contribution in [3.63, 3.8) is 0 Å². The molecule has 2 aromatic carbocycles. The van der Waals surface area contributed by atoms with Gasteiger partial charge in [0.1, 0.15) is 5.75 Å². The Hall–Kier alpha value is -2.04. The quantitative estimate of drug-likeness (QED) is 0.839. The zero-order valence-corrected chi connectivity index (χ0v) is 14.2. The molecule has 1 amide bonds. The highest BCUT2D eigenvalue weighted by Crippen LogP contribution is 2.27. The molecule has 0 unspecified atom stereocenters. The van der Waals surface area contributed by atoms with Gasteiger partial charge in [-0.15, -0.1) is 0 Å². The Kier molecular flexibility index (Phi) is 6.02. The molecule has 0 saturated heterocycles. The van der Waals surface area contributed by atoms with Crippen molar-refractivity contribution in [1.29, 1.82) is 0 Å². The number of anilines is 1. The fourth-order valence-electron chi connectivity index (χ4n) is 2.31. The Balaban J connectivity index is 2.02.